The number of benzene rings is 1. The van der Waals surface area contributed by atoms with Crippen LogP contribution in [0.15, 0.2) is 24.3 Å². The number of rotatable bonds is 6. The number of nitrogens with one attached hydrogen (secondary N) is 3. The van der Waals surface area contributed by atoms with Crippen LogP contribution in [-0.2, 0) is 25.6 Å². The van der Waals surface area contributed by atoms with Gasteiger partial charge in [-0.2, -0.15) is 0 Å². The van der Waals surface area contributed by atoms with E-state index in [9.17, 15) is 9.59 Å². The van der Waals surface area contributed by atoms with Crippen LogP contribution in [0.25, 0.3) is 0 Å². The summed E-state index contributed by atoms with van der Waals surface area (Å²) in [6.45, 7) is 3.12. The van der Waals surface area contributed by atoms with Crippen molar-refractivity contribution in [3.05, 3.63) is 29.8 Å². The largest absolute Gasteiger partial charge is 0.378 e. The zero-order valence-corrected chi connectivity index (χ0v) is 15.5. The molecule has 0 aromatic heterocycles. The number of ether oxygens (including phenoxy) is 2. The van der Waals surface area contributed by atoms with Crippen LogP contribution in [-0.4, -0.2) is 50.3 Å². The summed E-state index contributed by atoms with van der Waals surface area (Å²) < 4.78 is 10.7. The van der Waals surface area contributed by atoms with E-state index in [-0.39, 0.29) is 36.4 Å². The lowest BCUT2D eigenvalue weighted by Crippen LogP contribution is -2.44. The van der Waals surface area contributed by atoms with Gasteiger partial charge >= 0.3 is 0 Å². The van der Waals surface area contributed by atoms with Crippen molar-refractivity contribution in [1.29, 1.82) is 0 Å². The molecule has 144 valence electrons. The van der Waals surface area contributed by atoms with Crippen LogP contribution in [0.1, 0.15) is 24.8 Å². The first kappa shape index (κ1) is 20.6. The molecule has 26 heavy (non-hydrogen) atoms. The molecule has 1 aromatic rings. The molecule has 2 atom stereocenters. The molecule has 0 aliphatic carbocycles. The molecule has 0 radical (unpaired) electrons. The van der Waals surface area contributed by atoms with E-state index in [2.05, 4.69) is 16.0 Å². The Morgan fingerprint density at radius 2 is 2.15 bits per heavy atom. The fourth-order valence-corrected chi connectivity index (χ4v) is 3.01. The van der Waals surface area contributed by atoms with Gasteiger partial charge in [-0.3, -0.25) is 9.59 Å². The van der Waals surface area contributed by atoms with Crippen molar-refractivity contribution in [2.75, 3.05) is 31.7 Å². The molecule has 1 aromatic carbocycles. The minimum absolute atomic E-state index is 0. The Labute approximate surface area is 159 Å². The van der Waals surface area contributed by atoms with Crippen molar-refractivity contribution in [1.82, 2.24) is 10.6 Å². The lowest BCUT2D eigenvalue weighted by atomic mass is 10.1. The number of amides is 2. The molecule has 2 unspecified atom stereocenters. The van der Waals surface area contributed by atoms with Gasteiger partial charge in [-0.25, -0.2) is 0 Å². The van der Waals surface area contributed by atoms with Gasteiger partial charge in [-0.1, -0.05) is 12.1 Å². The standard InChI is InChI=1S/C18H25N3O4.ClH/c22-17(10-15-12-24-8-6-19-15)20-11-13-3-1-4-14(9-13)21-18(23)16-5-2-7-25-16;/h1,3-4,9,15-16,19H,2,5-8,10-12H2,(H,20,22)(H,21,23);1H. The van der Waals surface area contributed by atoms with Crippen LogP contribution in [0.5, 0.6) is 0 Å². The lowest BCUT2D eigenvalue weighted by molar-refractivity contribution is -0.124. The second kappa shape index (κ2) is 10.5. The maximum absolute atomic E-state index is 12.1. The highest BCUT2D eigenvalue weighted by atomic mass is 35.5. The quantitative estimate of drug-likeness (QED) is 0.687. The predicted molar refractivity (Wildman–Crippen MR) is 100 cm³/mol. The Kier molecular flexibility index (Phi) is 8.31. The number of carbonyl (C=O) groups excluding carboxylic acids is 2. The molecule has 0 bridgehead atoms. The molecular formula is C18H26ClN3O4. The van der Waals surface area contributed by atoms with Crippen molar-refractivity contribution in [2.24, 2.45) is 0 Å². The van der Waals surface area contributed by atoms with Crippen molar-refractivity contribution in [3.8, 4) is 0 Å². The van der Waals surface area contributed by atoms with E-state index in [4.69, 9.17) is 9.47 Å². The number of hydrogen-bond acceptors (Lipinski definition) is 5. The average molecular weight is 384 g/mol. The molecule has 2 aliphatic heterocycles. The molecule has 0 saturated carbocycles. The van der Waals surface area contributed by atoms with E-state index in [0.717, 1.165) is 30.6 Å². The Morgan fingerprint density at radius 3 is 2.88 bits per heavy atom. The monoisotopic (exact) mass is 383 g/mol. The fraction of sp³-hybridized carbons (Fsp3) is 0.556. The number of carbonyl (C=O) groups is 2. The molecule has 2 aliphatic rings. The van der Waals surface area contributed by atoms with Gasteiger partial charge in [0.2, 0.25) is 5.91 Å². The highest BCUT2D eigenvalue weighted by Crippen LogP contribution is 2.16. The molecular weight excluding hydrogens is 358 g/mol. The summed E-state index contributed by atoms with van der Waals surface area (Å²) >= 11 is 0. The van der Waals surface area contributed by atoms with E-state index < -0.39 is 0 Å². The summed E-state index contributed by atoms with van der Waals surface area (Å²) in [5.41, 5.74) is 1.65. The van der Waals surface area contributed by atoms with Gasteiger partial charge in [0.15, 0.2) is 0 Å². The summed E-state index contributed by atoms with van der Waals surface area (Å²) in [5, 5.41) is 9.04. The summed E-state index contributed by atoms with van der Waals surface area (Å²) in [6, 6.07) is 7.56. The van der Waals surface area contributed by atoms with Crippen LogP contribution in [0.4, 0.5) is 5.69 Å². The first-order chi connectivity index (χ1) is 12.2. The van der Waals surface area contributed by atoms with Gasteiger partial charge in [0.25, 0.3) is 5.91 Å². The van der Waals surface area contributed by atoms with E-state index in [1.807, 2.05) is 24.3 Å². The van der Waals surface area contributed by atoms with E-state index in [0.29, 0.717) is 32.8 Å². The second-order valence-electron chi connectivity index (χ2n) is 6.40. The topological polar surface area (TPSA) is 88.7 Å². The molecule has 8 heteroatoms. The summed E-state index contributed by atoms with van der Waals surface area (Å²) in [4.78, 5) is 24.1. The highest BCUT2D eigenvalue weighted by Gasteiger charge is 2.23. The van der Waals surface area contributed by atoms with E-state index >= 15 is 0 Å². The smallest absolute Gasteiger partial charge is 0.253 e. The second-order valence-corrected chi connectivity index (χ2v) is 6.40. The molecule has 7 nitrogen and oxygen atoms in total. The Bertz CT molecular complexity index is 602. The summed E-state index contributed by atoms with van der Waals surface area (Å²) in [7, 11) is 0. The average Bonchev–Trinajstić information content (AvgIpc) is 3.16. The van der Waals surface area contributed by atoms with Crippen LogP contribution < -0.4 is 16.0 Å². The van der Waals surface area contributed by atoms with Crippen molar-refractivity contribution in [3.63, 3.8) is 0 Å². The highest BCUT2D eigenvalue weighted by molar-refractivity contribution is 5.94. The Balaban J connectivity index is 0.00000243. The number of anilines is 1. The maximum Gasteiger partial charge on any atom is 0.253 e. The van der Waals surface area contributed by atoms with Gasteiger partial charge in [-0.05, 0) is 30.5 Å². The normalized spacial score (nSPS) is 22.3. The summed E-state index contributed by atoms with van der Waals surface area (Å²) in [5.74, 6) is -0.126. The minimum Gasteiger partial charge on any atom is -0.378 e. The van der Waals surface area contributed by atoms with Crippen LogP contribution in [0.2, 0.25) is 0 Å². The number of morpholine rings is 1. The van der Waals surface area contributed by atoms with Crippen molar-refractivity contribution >= 4 is 29.9 Å². The number of halogens is 1. The SMILES string of the molecule is Cl.O=C(CC1COCCN1)NCc1cccc(NC(=O)C2CCCO2)c1. The van der Waals surface area contributed by atoms with Crippen molar-refractivity contribution in [2.45, 2.75) is 38.0 Å². The van der Waals surface area contributed by atoms with Gasteiger partial charge < -0.3 is 25.4 Å². The number of hydrogen-bond donors (Lipinski definition) is 3. The molecule has 2 fully saturated rings. The van der Waals surface area contributed by atoms with E-state index in [1.54, 1.807) is 0 Å². The molecule has 2 amide bonds. The van der Waals surface area contributed by atoms with Crippen LogP contribution in [0.3, 0.4) is 0 Å². The maximum atomic E-state index is 12.1. The first-order valence-electron chi connectivity index (χ1n) is 8.80. The lowest BCUT2D eigenvalue weighted by Gasteiger charge is -2.23. The first-order valence-corrected chi connectivity index (χ1v) is 8.80. The summed E-state index contributed by atoms with van der Waals surface area (Å²) in [6.07, 6.45) is 1.73. The van der Waals surface area contributed by atoms with Gasteiger partial charge in [0.1, 0.15) is 6.10 Å². The predicted octanol–water partition coefficient (Wildman–Crippen LogP) is 1.22. The Morgan fingerprint density at radius 1 is 1.27 bits per heavy atom. The van der Waals surface area contributed by atoms with Crippen LogP contribution >= 0.6 is 12.4 Å². The van der Waals surface area contributed by atoms with Gasteiger partial charge in [0, 0.05) is 37.8 Å². The third-order valence-electron chi connectivity index (χ3n) is 4.34. The molecule has 2 saturated heterocycles. The zero-order chi connectivity index (χ0) is 17.5. The Hall–Kier alpha value is -1.67. The molecule has 2 heterocycles. The van der Waals surface area contributed by atoms with Gasteiger partial charge in [-0.15, -0.1) is 12.4 Å². The third-order valence-corrected chi connectivity index (χ3v) is 4.34. The van der Waals surface area contributed by atoms with E-state index in [1.165, 1.54) is 0 Å². The molecule has 3 N–H and O–H groups in total. The minimum atomic E-state index is -0.353. The third kappa shape index (κ3) is 6.25. The van der Waals surface area contributed by atoms with Gasteiger partial charge in [0.05, 0.1) is 13.2 Å². The van der Waals surface area contributed by atoms with Crippen LogP contribution in [0, 0.1) is 0 Å². The molecule has 0 spiro atoms. The zero-order valence-electron chi connectivity index (χ0n) is 14.7. The van der Waals surface area contributed by atoms with Crippen molar-refractivity contribution < 1.29 is 19.1 Å². The molecule has 3 rings (SSSR count). The fourth-order valence-electron chi connectivity index (χ4n) is 3.01.